The van der Waals surface area contributed by atoms with E-state index in [0.717, 1.165) is 27.6 Å². The van der Waals surface area contributed by atoms with Gasteiger partial charge in [0.15, 0.2) is 0 Å². The van der Waals surface area contributed by atoms with Crippen molar-refractivity contribution >= 4 is 67.2 Å². The number of hydrogen-bond donors (Lipinski definition) is 0. The van der Waals surface area contributed by atoms with E-state index in [1.807, 2.05) is 59.2 Å². The monoisotopic (exact) mass is 883 g/mol. The van der Waals surface area contributed by atoms with Crippen molar-refractivity contribution in [1.29, 1.82) is 0 Å². The van der Waals surface area contributed by atoms with Gasteiger partial charge in [-0.3, -0.25) is 9.97 Å². The minimum atomic E-state index is -1.61. The average molecular weight is 886 g/mol. The first-order valence-corrected chi connectivity index (χ1v) is 22.0. The zero-order chi connectivity index (χ0) is 34.3. The quantitative estimate of drug-likeness (QED) is 0.133. The van der Waals surface area contributed by atoms with Crippen LogP contribution in [0.3, 0.4) is 0 Å². The second-order valence-electron chi connectivity index (χ2n) is 11.1. The zero-order valence-corrected chi connectivity index (χ0v) is 34.0. The Balaban J connectivity index is 0.000000204. The summed E-state index contributed by atoms with van der Waals surface area (Å²) >= 11 is 4.88. The number of rotatable bonds is 3. The number of halogens is 4. The number of aromatic nitrogens is 2. The van der Waals surface area contributed by atoms with Gasteiger partial charge in [-0.15, -0.1) is 0 Å². The first-order valence-electron chi connectivity index (χ1n) is 15.0. The van der Waals surface area contributed by atoms with Crippen molar-refractivity contribution in [2.45, 2.75) is 41.5 Å². The number of hydrogen-bond acceptors (Lipinski definition) is 4. The van der Waals surface area contributed by atoms with Gasteiger partial charge in [-0.25, -0.2) is 0 Å². The van der Waals surface area contributed by atoms with Crippen LogP contribution < -0.4 is 9.80 Å². The zero-order valence-electron chi connectivity index (χ0n) is 27.5. The molecule has 9 heteroatoms. The molecule has 0 bridgehead atoms. The van der Waals surface area contributed by atoms with Gasteiger partial charge in [-0.2, -0.15) is 9.80 Å². The van der Waals surface area contributed by atoms with Crippen LogP contribution in [0.4, 0.5) is 11.4 Å². The van der Waals surface area contributed by atoms with Crippen LogP contribution in [-0.4, -0.2) is 27.7 Å². The molecule has 1 aliphatic rings. The Morgan fingerprint density at radius 3 is 1.34 bits per heavy atom. The maximum absolute atomic E-state index is 5.67. The van der Waals surface area contributed by atoms with Gasteiger partial charge in [-0.1, -0.05) is 35.4 Å². The molecule has 1 saturated heterocycles. The van der Waals surface area contributed by atoms with Crippen LogP contribution in [0.25, 0.3) is 0 Å². The Kier molecular flexibility index (Phi) is 16.6. The summed E-state index contributed by atoms with van der Waals surface area (Å²) in [6.45, 7) is 17.6. The molecule has 2 aromatic heterocycles. The third-order valence-corrected chi connectivity index (χ3v) is 9.76. The molecule has 3 aromatic carbocycles. The molecule has 0 aliphatic carbocycles. The Morgan fingerprint density at radius 2 is 1.04 bits per heavy atom. The molecule has 6 rings (SSSR count). The molecule has 0 N–H and O–H groups in total. The van der Waals surface area contributed by atoms with E-state index in [2.05, 4.69) is 124 Å². The van der Waals surface area contributed by atoms with E-state index in [-0.39, 0.29) is 0 Å². The number of aryl methyl sites for hydroxylation is 6. The van der Waals surface area contributed by atoms with E-state index in [4.69, 9.17) is 19.4 Å². The predicted molar refractivity (Wildman–Crippen MR) is 207 cm³/mol. The topological polar surface area (TPSA) is 32.3 Å². The summed E-state index contributed by atoms with van der Waals surface area (Å²) in [5.41, 5.74) is 12.0. The summed E-state index contributed by atoms with van der Waals surface area (Å²) in [4.78, 5) is 12.5. The Morgan fingerprint density at radius 1 is 0.638 bits per heavy atom. The Hall–Kier alpha value is -2.54. The van der Waals surface area contributed by atoms with Crippen molar-refractivity contribution in [3.63, 3.8) is 0 Å². The number of pyridine rings is 2. The second-order valence-corrected chi connectivity index (χ2v) is 18.6. The van der Waals surface area contributed by atoms with Gasteiger partial charge in [-0.05, 0) is 120 Å². The van der Waals surface area contributed by atoms with Gasteiger partial charge < -0.3 is 0 Å². The van der Waals surface area contributed by atoms with Crippen LogP contribution in [0.15, 0.2) is 113 Å². The van der Waals surface area contributed by atoms with Gasteiger partial charge in [0.1, 0.15) is 0 Å². The molecule has 248 valence electrons. The summed E-state index contributed by atoms with van der Waals surface area (Å²) in [5.74, 6) is 0. The first-order chi connectivity index (χ1) is 22.4. The van der Waals surface area contributed by atoms with E-state index < -0.39 is 13.5 Å². The van der Waals surface area contributed by atoms with Crippen LogP contribution in [0.5, 0.6) is 0 Å². The molecule has 0 unspecified atom stereocenters. The molecule has 0 atom stereocenters. The molecule has 1 fully saturated rings. The number of benzene rings is 3. The van der Waals surface area contributed by atoms with Crippen molar-refractivity contribution in [3.05, 3.63) is 158 Å². The van der Waals surface area contributed by atoms with Crippen LogP contribution in [-0.2, 0) is 13.5 Å². The number of anilines is 2. The van der Waals surface area contributed by atoms with Crippen LogP contribution in [0.2, 0.25) is 0 Å². The average Bonchev–Trinajstić information content (AvgIpc) is 3.47. The maximum atomic E-state index is 5.67. The predicted octanol–water partition coefficient (Wildman–Crippen LogP) is 11.4. The van der Waals surface area contributed by atoms with Crippen molar-refractivity contribution in [1.82, 2.24) is 9.97 Å². The molecular weight excluding hydrogens is 844 g/mol. The Bertz CT molecular complexity index is 1570. The van der Waals surface area contributed by atoms with Crippen molar-refractivity contribution in [2.24, 2.45) is 0 Å². The fraction of sp³-hybridized carbons (Fsp3) is 0.211. The first kappa shape index (κ1) is 38.9. The van der Waals surface area contributed by atoms with Crippen molar-refractivity contribution < 1.29 is 13.5 Å². The summed E-state index contributed by atoms with van der Waals surface area (Å²) < 4.78 is 3.97. The molecule has 4 nitrogen and oxygen atoms in total. The summed E-state index contributed by atoms with van der Waals surface area (Å²) in [6, 6.07) is 26.6. The fourth-order valence-electron chi connectivity index (χ4n) is 5.38. The van der Waals surface area contributed by atoms with Crippen LogP contribution in [0, 0.1) is 48.2 Å². The Labute approximate surface area is 310 Å². The third kappa shape index (κ3) is 13.5. The van der Waals surface area contributed by atoms with Crippen LogP contribution in [0.1, 0.15) is 38.9 Å². The summed E-state index contributed by atoms with van der Waals surface area (Å²) in [6.07, 6.45) is 6.98. The fourth-order valence-corrected chi connectivity index (χ4v) is 7.75. The van der Waals surface area contributed by atoms with Gasteiger partial charge in [0.2, 0.25) is 0 Å². The molecule has 0 spiro atoms. The van der Waals surface area contributed by atoms with E-state index in [0.29, 0.717) is 0 Å². The molecule has 0 saturated carbocycles. The van der Waals surface area contributed by atoms with Gasteiger partial charge in [0.25, 0.3) is 6.67 Å². The van der Waals surface area contributed by atoms with E-state index in [9.17, 15) is 0 Å². The second kappa shape index (κ2) is 20.1. The summed E-state index contributed by atoms with van der Waals surface area (Å²) in [5, 5.41) is 0. The van der Waals surface area contributed by atoms with Crippen LogP contribution >= 0.6 is 51.2 Å². The molecule has 5 aromatic rings. The molecule has 0 radical (unpaired) electrons. The minimum absolute atomic E-state index is 1.02. The van der Waals surface area contributed by atoms with Gasteiger partial charge in [0, 0.05) is 33.7 Å². The molecule has 47 heavy (non-hydrogen) atoms. The third-order valence-electron chi connectivity index (χ3n) is 6.95. The van der Waals surface area contributed by atoms with E-state index in [1.54, 1.807) is 24.8 Å². The number of nitrogens with zero attached hydrogens (tertiary/aromatic N) is 4. The SMILES string of the molecule is Brc1cccnc1.Brc1cccnc1.Cc1cc(C)c(N2[CH+]N(c3c(C)cc(C)cc3C)CC2)c(C)c1.[Cl][Ru]([Cl])=[CH]c1ccccc1. The molecule has 1 aliphatic heterocycles. The van der Waals surface area contributed by atoms with E-state index in [1.165, 1.54) is 44.8 Å². The molecule has 0 amide bonds. The van der Waals surface area contributed by atoms with Gasteiger partial charge in [0.05, 0.1) is 24.5 Å². The summed E-state index contributed by atoms with van der Waals surface area (Å²) in [7, 11) is 11.3. The van der Waals surface area contributed by atoms with E-state index >= 15 is 0 Å². The van der Waals surface area contributed by atoms with Crippen molar-refractivity contribution in [2.75, 3.05) is 22.9 Å². The molecular formula is C38H41Br2Cl2N4Ru+. The molecule has 3 heterocycles. The van der Waals surface area contributed by atoms with Gasteiger partial charge >= 0.3 is 73.4 Å². The normalized spacial score (nSPS) is 11.9. The van der Waals surface area contributed by atoms with Crippen molar-refractivity contribution in [3.8, 4) is 0 Å². The standard InChI is InChI=1S/C21H27N2.C7H6.2C5H4BrN.2ClH.Ru/c1-14-9-16(3)20(17(4)10-14)22-7-8-23(13-22)21-18(5)11-15(2)12-19(21)6;1-7-5-3-2-4-6-7;2*6-5-2-1-3-7-4-5;;;/h9-13H,7-8H2,1-6H3;1-6H;2*1-4H;2*1H;/q+1;;;;;;+2/p-2.